The monoisotopic (exact) mass is 316 g/mol. The lowest BCUT2D eigenvalue weighted by Crippen LogP contribution is -2.17. The van der Waals surface area contributed by atoms with E-state index in [1.54, 1.807) is 18.3 Å². The van der Waals surface area contributed by atoms with Crippen molar-refractivity contribution in [1.82, 2.24) is 5.43 Å². The molecule has 0 atom stereocenters. The van der Waals surface area contributed by atoms with Crippen LogP contribution in [-0.4, -0.2) is 12.1 Å². The van der Waals surface area contributed by atoms with Crippen LogP contribution in [0.3, 0.4) is 0 Å². The van der Waals surface area contributed by atoms with E-state index >= 15 is 0 Å². The highest BCUT2D eigenvalue weighted by Gasteiger charge is 2.01. The number of para-hydroxylation sites is 1. The number of benzene rings is 3. The first-order valence-corrected chi connectivity index (χ1v) is 7.53. The van der Waals surface area contributed by atoms with Crippen LogP contribution in [0.5, 0.6) is 11.5 Å². The van der Waals surface area contributed by atoms with Crippen LogP contribution < -0.4 is 10.2 Å². The van der Waals surface area contributed by atoms with Crippen LogP contribution in [0.15, 0.2) is 90.0 Å². The summed E-state index contributed by atoms with van der Waals surface area (Å²) in [4.78, 5) is 11.8. The van der Waals surface area contributed by atoms with Crippen molar-refractivity contribution in [1.29, 1.82) is 0 Å². The molecule has 0 radical (unpaired) electrons. The molecule has 0 aliphatic carbocycles. The van der Waals surface area contributed by atoms with Gasteiger partial charge in [-0.05, 0) is 54.1 Å². The molecule has 0 saturated carbocycles. The molecule has 0 fully saturated rings. The molecule has 118 valence electrons. The molecule has 0 bridgehead atoms. The van der Waals surface area contributed by atoms with E-state index in [1.807, 2.05) is 72.8 Å². The Bertz CT molecular complexity index is 813. The third-order valence-corrected chi connectivity index (χ3v) is 3.27. The Labute approximate surface area is 140 Å². The summed E-state index contributed by atoms with van der Waals surface area (Å²) in [5.41, 5.74) is 3.94. The van der Waals surface area contributed by atoms with Gasteiger partial charge >= 0.3 is 0 Å². The van der Waals surface area contributed by atoms with E-state index in [4.69, 9.17) is 4.74 Å². The van der Waals surface area contributed by atoms with Gasteiger partial charge in [-0.15, -0.1) is 0 Å². The first-order valence-electron chi connectivity index (χ1n) is 7.53. The van der Waals surface area contributed by atoms with E-state index in [-0.39, 0.29) is 5.91 Å². The molecule has 1 amide bonds. The summed E-state index contributed by atoms with van der Waals surface area (Å²) in [7, 11) is 0. The van der Waals surface area contributed by atoms with Gasteiger partial charge in [0.25, 0.3) is 5.91 Å². The second kappa shape index (κ2) is 7.74. The third kappa shape index (κ3) is 4.30. The highest BCUT2D eigenvalue weighted by atomic mass is 16.5. The van der Waals surface area contributed by atoms with E-state index in [1.165, 1.54) is 0 Å². The number of carbonyl (C=O) groups excluding carboxylic acids is 1. The van der Waals surface area contributed by atoms with Crippen LogP contribution in [0, 0.1) is 0 Å². The smallest absolute Gasteiger partial charge is 0.271 e. The number of hydrogen-bond acceptors (Lipinski definition) is 3. The van der Waals surface area contributed by atoms with Crippen molar-refractivity contribution < 1.29 is 9.53 Å². The standard InChI is InChI=1S/C20H16N2O2/c23-20(17-7-3-1-4-8-17)22-21-15-16-11-13-19(14-12-16)24-18-9-5-2-6-10-18/h1-15H,(H,22,23)/b21-15+. The summed E-state index contributed by atoms with van der Waals surface area (Å²) in [5, 5.41) is 3.97. The van der Waals surface area contributed by atoms with E-state index in [0.29, 0.717) is 5.56 Å². The number of hydrazone groups is 1. The van der Waals surface area contributed by atoms with Crippen molar-refractivity contribution >= 4 is 12.1 Å². The first kappa shape index (κ1) is 15.5. The number of amides is 1. The third-order valence-electron chi connectivity index (χ3n) is 3.27. The van der Waals surface area contributed by atoms with Gasteiger partial charge in [0.15, 0.2) is 0 Å². The molecule has 24 heavy (non-hydrogen) atoms. The van der Waals surface area contributed by atoms with Crippen LogP contribution >= 0.6 is 0 Å². The zero-order valence-electron chi connectivity index (χ0n) is 12.9. The number of ether oxygens (including phenoxy) is 1. The van der Waals surface area contributed by atoms with Crippen LogP contribution in [0.2, 0.25) is 0 Å². The van der Waals surface area contributed by atoms with Gasteiger partial charge < -0.3 is 4.74 Å². The second-order valence-electron chi connectivity index (χ2n) is 5.05. The fourth-order valence-electron chi connectivity index (χ4n) is 2.07. The highest BCUT2D eigenvalue weighted by Crippen LogP contribution is 2.20. The Morgan fingerprint density at radius 1 is 0.792 bits per heavy atom. The number of nitrogens with one attached hydrogen (secondary N) is 1. The second-order valence-corrected chi connectivity index (χ2v) is 5.05. The van der Waals surface area contributed by atoms with Gasteiger partial charge in [-0.25, -0.2) is 5.43 Å². The topological polar surface area (TPSA) is 50.7 Å². The molecule has 0 aliphatic heterocycles. The largest absolute Gasteiger partial charge is 0.457 e. The molecule has 0 saturated heterocycles. The summed E-state index contributed by atoms with van der Waals surface area (Å²) in [6, 6.07) is 26.0. The van der Waals surface area contributed by atoms with E-state index in [2.05, 4.69) is 10.5 Å². The van der Waals surface area contributed by atoms with Gasteiger partial charge in [0.05, 0.1) is 6.21 Å². The van der Waals surface area contributed by atoms with Gasteiger partial charge in [-0.2, -0.15) is 5.10 Å². The lowest BCUT2D eigenvalue weighted by molar-refractivity contribution is 0.0955. The van der Waals surface area contributed by atoms with Crippen LogP contribution in [0.25, 0.3) is 0 Å². The number of hydrogen-bond donors (Lipinski definition) is 1. The lowest BCUT2D eigenvalue weighted by Gasteiger charge is -2.05. The van der Waals surface area contributed by atoms with E-state index in [0.717, 1.165) is 17.1 Å². The SMILES string of the molecule is O=C(N/N=C/c1ccc(Oc2ccccc2)cc1)c1ccccc1. The van der Waals surface area contributed by atoms with Crippen molar-refractivity contribution in [3.8, 4) is 11.5 Å². The Morgan fingerprint density at radius 3 is 2.04 bits per heavy atom. The molecule has 4 heteroatoms. The molecule has 1 N–H and O–H groups in total. The molecule has 3 rings (SSSR count). The summed E-state index contributed by atoms with van der Waals surface area (Å²) in [6.07, 6.45) is 1.59. The van der Waals surface area contributed by atoms with Crippen molar-refractivity contribution in [3.63, 3.8) is 0 Å². The molecule has 3 aromatic rings. The molecule has 0 unspecified atom stereocenters. The van der Waals surface area contributed by atoms with Crippen molar-refractivity contribution in [2.75, 3.05) is 0 Å². The minimum Gasteiger partial charge on any atom is -0.457 e. The molecular weight excluding hydrogens is 300 g/mol. The average Bonchev–Trinajstić information content (AvgIpc) is 2.65. The van der Waals surface area contributed by atoms with Crippen LogP contribution in [0.4, 0.5) is 0 Å². The maximum absolute atomic E-state index is 11.8. The van der Waals surface area contributed by atoms with E-state index < -0.39 is 0 Å². The Morgan fingerprint density at radius 2 is 1.38 bits per heavy atom. The Hall–Kier alpha value is -3.40. The fourth-order valence-corrected chi connectivity index (χ4v) is 2.07. The lowest BCUT2D eigenvalue weighted by atomic mass is 10.2. The molecule has 4 nitrogen and oxygen atoms in total. The molecule has 0 aromatic heterocycles. The zero-order chi connectivity index (χ0) is 16.6. The van der Waals surface area contributed by atoms with E-state index in [9.17, 15) is 4.79 Å². The summed E-state index contributed by atoms with van der Waals surface area (Å²) < 4.78 is 5.72. The van der Waals surface area contributed by atoms with Gasteiger partial charge in [0, 0.05) is 5.56 Å². The zero-order valence-corrected chi connectivity index (χ0v) is 12.9. The fraction of sp³-hybridized carbons (Fsp3) is 0. The van der Waals surface area contributed by atoms with Crippen molar-refractivity contribution in [2.45, 2.75) is 0 Å². The Kier molecular flexibility index (Phi) is 5.00. The maximum atomic E-state index is 11.8. The predicted molar refractivity (Wildman–Crippen MR) is 94.5 cm³/mol. The molecular formula is C20H16N2O2. The highest BCUT2D eigenvalue weighted by molar-refractivity contribution is 5.94. The minimum absolute atomic E-state index is 0.240. The number of carbonyl (C=O) groups is 1. The van der Waals surface area contributed by atoms with Gasteiger partial charge in [-0.1, -0.05) is 36.4 Å². The molecule has 0 aliphatic rings. The Balaban J connectivity index is 1.57. The van der Waals surface area contributed by atoms with Gasteiger partial charge in [-0.3, -0.25) is 4.79 Å². The minimum atomic E-state index is -0.240. The first-order chi connectivity index (χ1) is 11.8. The van der Waals surface area contributed by atoms with Crippen LogP contribution in [-0.2, 0) is 0 Å². The summed E-state index contributed by atoms with van der Waals surface area (Å²) in [5.74, 6) is 1.29. The average molecular weight is 316 g/mol. The number of nitrogens with zero attached hydrogens (tertiary/aromatic N) is 1. The van der Waals surface area contributed by atoms with Gasteiger partial charge in [0.2, 0.25) is 0 Å². The molecule has 0 spiro atoms. The quantitative estimate of drug-likeness (QED) is 0.565. The molecule has 3 aromatic carbocycles. The van der Waals surface area contributed by atoms with Crippen molar-refractivity contribution in [2.24, 2.45) is 5.10 Å². The van der Waals surface area contributed by atoms with Crippen molar-refractivity contribution in [3.05, 3.63) is 96.1 Å². The molecule has 0 heterocycles. The predicted octanol–water partition coefficient (Wildman–Crippen LogP) is 4.24. The normalized spacial score (nSPS) is 10.5. The van der Waals surface area contributed by atoms with Gasteiger partial charge in [0.1, 0.15) is 11.5 Å². The number of rotatable bonds is 5. The van der Waals surface area contributed by atoms with Crippen LogP contribution in [0.1, 0.15) is 15.9 Å². The summed E-state index contributed by atoms with van der Waals surface area (Å²) >= 11 is 0. The maximum Gasteiger partial charge on any atom is 0.271 e. The summed E-state index contributed by atoms with van der Waals surface area (Å²) in [6.45, 7) is 0.